The monoisotopic (exact) mass is 254 g/mol. The minimum atomic E-state index is -0.477. The molecule has 5 heteroatoms. The SMILES string of the molecule is COc1cc(F)cc(O)c1CCN1CCNCC1. The minimum Gasteiger partial charge on any atom is -0.507 e. The molecule has 1 aliphatic heterocycles. The number of hydrogen-bond acceptors (Lipinski definition) is 4. The molecule has 0 atom stereocenters. The predicted octanol–water partition coefficient (Wildman–Crippen LogP) is 0.988. The Labute approximate surface area is 106 Å². The Kier molecular flexibility index (Phi) is 4.38. The summed E-state index contributed by atoms with van der Waals surface area (Å²) in [4.78, 5) is 2.32. The molecule has 0 saturated carbocycles. The molecule has 4 nitrogen and oxygen atoms in total. The van der Waals surface area contributed by atoms with Crippen LogP contribution in [-0.4, -0.2) is 49.8 Å². The van der Waals surface area contributed by atoms with Crippen molar-refractivity contribution in [3.05, 3.63) is 23.5 Å². The van der Waals surface area contributed by atoms with Gasteiger partial charge in [0.1, 0.15) is 17.3 Å². The number of hydrogen-bond donors (Lipinski definition) is 2. The Hall–Kier alpha value is -1.33. The Bertz CT molecular complexity index is 406. The molecule has 18 heavy (non-hydrogen) atoms. The third-order valence-corrected chi connectivity index (χ3v) is 3.26. The van der Waals surface area contributed by atoms with Crippen LogP contribution < -0.4 is 10.1 Å². The lowest BCUT2D eigenvalue weighted by Gasteiger charge is -2.27. The van der Waals surface area contributed by atoms with Gasteiger partial charge in [0.15, 0.2) is 0 Å². The molecule has 0 bridgehead atoms. The second-order valence-electron chi connectivity index (χ2n) is 4.45. The number of nitrogens with one attached hydrogen (secondary N) is 1. The van der Waals surface area contributed by atoms with Crippen molar-refractivity contribution in [2.24, 2.45) is 0 Å². The average Bonchev–Trinajstić information content (AvgIpc) is 2.38. The van der Waals surface area contributed by atoms with Gasteiger partial charge in [-0.2, -0.15) is 0 Å². The number of rotatable bonds is 4. The normalized spacial score (nSPS) is 16.8. The first-order valence-electron chi connectivity index (χ1n) is 6.19. The van der Waals surface area contributed by atoms with Gasteiger partial charge in [-0.05, 0) is 6.42 Å². The van der Waals surface area contributed by atoms with Crippen LogP contribution in [-0.2, 0) is 6.42 Å². The lowest BCUT2D eigenvalue weighted by Crippen LogP contribution is -2.44. The molecule has 1 heterocycles. The molecule has 1 aromatic rings. The van der Waals surface area contributed by atoms with E-state index >= 15 is 0 Å². The summed E-state index contributed by atoms with van der Waals surface area (Å²) in [6, 6.07) is 2.45. The molecule has 0 aromatic heterocycles. The summed E-state index contributed by atoms with van der Waals surface area (Å²) >= 11 is 0. The smallest absolute Gasteiger partial charge is 0.130 e. The topological polar surface area (TPSA) is 44.7 Å². The Balaban J connectivity index is 2.03. The van der Waals surface area contributed by atoms with Crippen molar-refractivity contribution >= 4 is 0 Å². The van der Waals surface area contributed by atoms with Gasteiger partial charge < -0.3 is 20.1 Å². The number of phenolic OH excluding ortho intramolecular Hbond substituents is 1. The van der Waals surface area contributed by atoms with Gasteiger partial charge in [-0.15, -0.1) is 0 Å². The van der Waals surface area contributed by atoms with Gasteiger partial charge in [0, 0.05) is 50.4 Å². The van der Waals surface area contributed by atoms with Crippen LogP contribution in [0.3, 0.4) is 0 Å². The molecule has 1 fully saturated rings. The zero-order valence-electron chi connectivity index (χ0n) is 10.6. The zero-order valence-corrected chi connectivity index (χ0v) is 10.6. The van der Waals surface area contributed by atoms with Crippen LogP contribution in [0, 0.1) is 5.82 Å². The third kappa shape index (κ3) is 3.11. The second kappa shape index (κ2) is 6.02. The molecule has 0 spiro atoms. The summed E-state index contributed by atoms with van der Waals surface area (Å²) < 4.78 is 18.2. The molecule has 1 aromatic carbocycles. The summed E-state index contributed by atoms with van der Waals surface area (Å²) in [6.07, 6.45) is 0.662. The largest absolute Gasteiger partial charge is 0.507 e. The molecule has 2 N–H and O–H groups in total. The summed E-state index contributed by atoms with van der Waals surface area (Å²) in [6.45, 7) is 4.84. The Morgan fingerprint density at radius 3 is 2.78 bits per heavy atom. The third-order valence-electron chi connectivity index (χ3n) is 3.26. The molecular weight excluding hydrogens is 235 g/mol. The van der Waals surface area contributed by atoms with Gasteiger partial charge in [-0.1, -0.05) is 0 Å². The van der Waals surface area contributed by atoms with Gasteiger partial charge in [0.05, 0.1) is 7.11 Å². The van der Waals surface area contributed by atoms with E-state index in [4.69, 9.17) is 4.74 Å². The second-order valence-corrected chi connectivity index (χ2v) is 4.45. The first-order valence-corrected chi connectivity index (χ1v) is 6.19. The van der Waals surface area contributed by atoms with Gasteiger partial charge in [-0.25, -0.2) is 4.39 Å². The molecule has 1 aliphatic rings. The minimum absolute atomic E-state index is 0.0259. The molecule has 1 saturated heterocycles. The van der Waals surface area contributed by atoms with Crippen LogP contribution in [0.2, 0.25) is 0 Å². The van der Waals surface area contributed by atoms with Crippen molar-refractivity contribution in [3.63, 3.8) is 0 Å². The van der Waals surface area contributed by atoms with Crippen molar-refractivity contribution in [3.8, 4) is 11.5 Å². The average molecular weight is 254 g/mol. The highest BCUT2D eigenvalue weighted by Gasteiger charge is 2.14. The number of halogens is 1. The molecular formula is C13H19FN2O2. The number of methoxy groups -OCH3 is 1. The van der Waals surface area contributed by atoms with E-state index in [0.717, 1.165) is 38.8 Å². The number of aromatic hydroxyl groups is 1. The molecule has 0 radical (unpaired) electrons. The van der Waals surface area contributed by atoms with Crippen molar-refractivity contribution < 1.29 is 14.2 Å². The van der Waals surface area contributed by atoms with Crippen LogP contribution in [0.25, 0.3) is 0 Å². The number of benzene rings is 1. The number of phenols is 1. The van der Waals surface area contributed by atoms with Crippen LogP contribution in [0.4, 0.5) is 4.39 Å². The molecule has 100 valence electrons. The molecule has 0 amide bonds. The quantitative estimate of drug-likeness (QED) is 0.841. The molecule has 0 unspecified atom stereocenters. The Morgan fingerprint density at radius 2 is 2.11 bits per heavy atom. The van der Waals surface area contributed by atoms with Gasteiger partial charge >= 0.3 is 0 Å². The summed E-state index contributed by atoms with van der Waals surface area (Å²) in [7, 11) is 1.49. The van der Waals surface area contributed by atoms with Gasteiger partial charge in [0.25, 0.3) is 0 Å². The summed E-state index contributed by atoms with van der Waals surface area (Å²) in [5.41, 5.74) is 0.678. The van der Waals surface area contributed by atoms with Crippen molar-refractivity contribution in [2.45, 2.75) is 6.42 Å². The maximum Gasteiger partial charge on any atom is 0.130 e. The van der Waals surface area contributed by atoms with Crippen LogP contribution >= 0.6 is 0 Å². The number of piperazine rings is 1. The highest BCUT2D eigenvalue weighted by molar-refractivity contribution is 5.44. The summed E-state index contributed by atoms with van der Waals surface area (Å²) in [5.74, 6) is -0.0834. The molecule has 0 aliphatic carbocycles. The highest BCUT2D eigenvalue weighted by Crippen LogP contribution is 2.29. The number of nitrogens with zero attached hydrogens (tertiary/aromatic N) is 1. The van der Waals surface area contributed by atoms with E-state index in [2.05, 4.69) is 10.2 Å². The van der Waals surface area contributed by atoms with E-state index < -0.39 is 5.82 Å². The highest BCUT2D eigenvalue weighted by atomic mass is 19.1. The van der Waals surface area contributed by atoms with Crippen molar-refractivity contribution in [2.75, 3.05) is 39.8 Å². The van der Waals surface area contributed by atoms with E-state index in [-0.39, 0.29) is 5.75 Å². The fourth-order valence-electron chi connectivity index (χ4n) is 2.24. The Morgan fingerprint density at radius 1 is 1.39 bits per heavy atom. The van der Waals surface area contributed by atoms with Crippen molar-refractivity contribution in [1.29, 1.82) is 0 Å². The lowest BCUT2D eigenvalue weighted by molar-refractivity contribution is 0.242. The van der Waals surface area contributed by atoms with E-state index in [9.17, 15) is 9.50 Å². The lowest BCUT2D eigenvalue weighted by atomic mass is 10.1. The van der Waals surface area contributed by atoms with Crippen molar-refractivity contribution in [1.82, 2.24) is 10.2 Å². The van der Waals surface area contributed by atoms with E-state index in [1.807, 2.05) is 0 Å². The number of ether oxygens (including phenoxy) is 1. The van der Waals surface area contributed by atoms with Crippen LogP contribution in [0.1, 0.15) is 5.56 Å². The summed E-state index contributed by atoms with van der Waals surface area (Å²) in [5, 5.41) is 13.1. The molecule has 2 rings (SSSR count). The van der Waals surface area contributed by atoms with E-state index in [0.29, 0.717) is 17.7 Å². The fourth-order valence-corrected chi connectivity index (χ4v) is 2.24. The maximum absolute atomic E-state index is 13.1. The fraction of sp³-hybridized carbons (Fsp3) is 0.538. The zero-order chi connectivity index (χ0) is 13.0. The van der Waals surface area contributed by atoms with E-state index in [1.54, 1.807) is 0 Å². The maximum atomic E-state index is 13.1. The first-order chi connectivity index (χ1) is 8.70. The standard InChI is InChI=1S/C13H19FN2O2/c1-18-13-9-10(14)8-12(17)11(13)2-5-16-6-3-15-4-7-16/h8-9,15,17H,2-7H2,1H3. The van der Waals surface area contributed by atoms with E-state index in [1.165, 1.54) is 13.2 Å². The first kappa shape index (κ1) is 13.1. The predicted molar refractivity (Wildman–Crippen MR) is 67.6 cm³/mol. The van der Waals surface area contributed by atoms with Crippen LogP contribution in [0.15, 0.2) is 12.1 Å². The van der Waals surface area contributed by atoms with Gasteiger partial charge in [-0.3, -0.25) is 0 Å². The van der Waals surface area contributed by atoms with Crippen LogP contribution in [0.5, 0.6) is 11.5 Å². The van der Waals surface area contributed by atoms with Gasteiger partial charge in [0.2, 0.25) is 0 Å².